The van der Waals surface area contributed by atoms with Gasteiger partial charge in [0.25, 0.3) is 0 Å². The van der Waals surface area contributed by atoms with Crippen LogP contribution in [0.25, 0.3) is 0 Å². The second-order valence-corrected chi connectivity index (χ2v) is 13.7. The van der Waals surface area contributed by atoms with Crippen LogP contribution < -0.4 is 0 Å². The number of ether oxygens (including phenoxy) is 1. The summed E-state index contributed by atoms with van der Waals surface area (Å²) >= 11 is 0. The number of carbonyl (C=O) groups excluding carboxylic acids is 1. The van der Waals surface area contributed by atoms with Gasteiger partial charge in [-0.15, -0.1) is 0 Å². The first-order chi connectivity index (χ1) is 11.7. The molecule has 0 aliphatic heterocycles. The molecule has 3 atom stereocenters. The summed E-state index contributed by atoms with van der Waals surface area (Å²) in [6.07, 6.45) is 4.07. The normalized spacial score (nSPS) is 24.9. The van der Waals surface area contributed by atoms with Crippen LogP contribution in [0.1, 0.15) is 45.6 Å². The number of hydrogen-bond donors (Lipinski definition) is 0. The summed E-state index contributed by atoms with van der Waals surface area (Å²) in [7, 11) is -1.86. The molecule has 1 aliphatic carbocycles. The topological polar surface area (TPSA) is 35.5 Å². The lowest BCUT2D eigenvalue weighted by Crippen LogP contribution is -2.48. The minimum absolute atomic E-state index is 0.0412. The van der Waals surface area contributed by atoms with Gasteiger partial charge < -0.3 is 14.0 Å². The second kappa shape index (κ2) is 8.61. The van der Waals surface area contributed by atoms with E-state index in [0.717, 1.165) is 32.2 Å². The van der Waals surface area contributed by atoms with Gasteiger partial charge in [-0.3, -0.25) is 0 Å². The summed E-state index contributed by atoms with van der Waals surface area (Å²) in [5.74, 6) is 0.522. The van der Waals surface area contributed by atoms with Crippen LogP contribution in [-0.2, 0) is 20.6 Å². The van der Waals surface area contributed by atoms with Gasteiger partial charge in [0.2, 0.25) is 0 Å². The summed E-state index contributed by atoms with van der Waals surface area (Å²) in [6.45, 7) is 12.7. The Balaban J connectivity index is 1.89. The van der Waals surface area contributed by atoms with Crippen LogP contribution in [0.15, 0.2) is 30.3 Å². The van der Waals surface area contributed by atoms with Crippen molar-refractivity contribution in [1.82, 2.24) is 0 Å². The van der Waals surface area contributed by atoms with Crippen LogP contribution in [0.2, 0.25) is 18.1 Å². The van der Waals surface area contributed by atoms with Gasteiger partial charge in [-0.1, -0.05) is 51.1 Å². The first-order valence-electron chi connectivity index (χ1n) is 9.48. The zero-order chi connectivity index (χ0) is 18.5. The molecule has 0 radical (unpaired) electrons. The fraction of sp³-hybridized carbons (Fsp3) is 0.667. The molecule has 25 heavy (non-hydrogen) atoms. The maximum Gasteiger partial charge on any atom is 0.192 e. The van der Waals surface area contributed by atoms with Crippen LogP contribution in [0.4, 0.5) is 0 Å². The number of rotatable bonds is 7. The van der Waals surface area contributed by atoms with E-state index in [4.69, 9.17) is 9.16 Å². The van der Waals surface area contributed by atoms with Crippen molar-refractivity contribution in [1.29, 1.82) is 0 Å². The van der Waals surface area contributed by atoms with Crippen molar-refractivity contribution >= 4 is 14.6 Å². The molecule has 0 bridgehead atoms. The standard InChI is InChI=1S/C21H34O3Si/c1-21(2,3)25(4,5)24-20-13-18(11-12-19(20)14-22)16-23-15-17-9-7-6-8-10-17/h6-10,14,18-20H,11-13,15-16H2,1-5H3. The Bertz CT molecular complexity index is 536. The minimum atomic E-state index is -1.86. The van der Waals surface area contributed by atoms with Gasteiger partial charge in [-0.25, -0.2) is 0 Å². The van der Waals surface area contributed by atoms with E-state index >= 15 is 0 Å². The largest absolute Gasteiger partial charge is 0.413 e. The molecule has 2 rings (SSSR count). The van der Waals surface area contributed by atoms with Crippen LogP contribution in [0.3, 0.4) is 0 Å². The second-order valence-electron chi connectivity index (χ2n) is 8.90. The van der Waals surface area contributed by atoms with E-state index < -0.39 is 8.32 Å². The lowest BCUT2D eigenvalue weighted by Gasteiger charge is -2.43. The molecule has 1 aliphatic rings. The van der Waals surface area contributed by atoms with E-state index in [0.29, 0.717) is 12.5 Å². The van der Waals surface area contributed by atoms with Crippen molar-refractivity contribution in [2.75, 3.05) is 6.61 Å². The van der Waals surface area contributed by atoms with E-state index in [2.05, 4.69) is 46.0 Å². The third-order valence-electron chi connectivity index (χ3n) is 5.84. The predicted octanol–water partition coefficient (Wildman–Crippen LogP) is 5.21. The number of aldehydes is 1. The Morgan fingerprint density at radius 2 is 1.84 bits per heavy atom. The van der Waals surface area contributed by atoms with E-state index in [1.54, 1.807) is 0 Å². The van der Waals surface area contributed by atoms with Crippen LogP contribution in [0, 0.1) is 11.8 Å². The maximum absolute atomic E-state index is 11.5. The molecule has 0 amide bonds. The van der Waals surface area contributed by atoms with Crippen LogP contribution >= 0.6 is 0 Å². The zero-order valence-corrected chi connectivity index (χ0v) is 17.5. The molecule has 1 aromatic rings. The Morgan fingerprint density at radius 1 is 1.16 bits per heavy atom. The molecular weight excluding hydrogens is 328 g/mol. The molecule has 1 saturated carbocycles. The summed E-state index contributed by atoms with van der Waals surface area (Å²) in [5.41, 5.74) is 1.21. The van der Waals surface area contributed by atoms with Crippen LogP contribution in [0.5, 0.6) is 0 Å². The quantitative estimate of drug-likeness (QED) is 0.493. The SMILES string of the molecule is CC(C)(C)[Si](C)(C)OC1CC(COCc2ccccc2)CCC1C=O. The molecule has 0 aromatic heterocycles. The van der Waals surface area contributed by atoms with Crippen molar-refractivity contribution in [3.8, 4) is 0 Å². The van der Waals surface area contributed by atoms with Gasteiger partial charge in [0.05, 0.1) is 12.7 Å². The van der Waals surface area contributed by atoms with Gasteiger partial charge in [0.1, 0.15) is 6.29 Å². The fourth-order valence-electron chi connectivity index (χ4n) is 3.15. The van der Waals surface area contributed by atoms with Gasteiger partial charge in [-0.05, 0) is 48.9 Å². The smallest absolute Gasteiger partial charge is 0.192 e. The molecule has 1 aromatic carbocycles. The molecule has 4 heteroatoms. The molecule has 1 fully saturated rings. The average Bonchev–Trinajstić information content (AvgIpc) is 2.55. The fourth-order valence-corrected chi connectivity index (χ4v) is 4.53. The summed E-state index contributed by atoms with van der Waals surface area (Å²) in [5, 5.41) is 0.164. The monoisotopic (exact) mass is 362 g/mol. The van der Waals surface area contributed by atoms with Crippen molar-refractivity contribution in [3.05, 3.63) is 35.9 Å². The zero-order valence-electron chi connectivity index (χ0n) is 16.5. The van der Waals surface area contributed by atoms with Crippen LogP contribution in [-0.4, -0.2) is 27.3 Å². The Labute approximate surface area is 154 Å². The van der Waals surface area contributed by atoms with Gasteiger partial charge in [0.15, 0.2) is 8.32 Å². The number of hydrogen-bond acceptors (Lipinski definition) is 3. The summed E-state index contributed by atoms with van der Waals surface area (Å²) in [4.78, 5) is 11.5. The van der Waals surface area contributed by atoms with Crippen molar-refractivity contribution in [3.63, 3.8) is 0 Å². The van der Waals surface area contributed by atoms with Gasteiger partial charge in [-0.2, -0.15) is 0 Å². The molecule has 3 nitrogen and oxygen atoms in total. The van der Waals surface area contributed by atoms with Gasteiger partial charge in [0, 0.05) is 12.5 Å². The third-order valence-corrected chi connectivity index (χ3v) is 10.3. The highest BCUT2D eigenvalue weighted by Crippen LogP contribution is 2.41. The minimum Gasteiger partial charge on any atom is -0.413 e. The molecule has 0 spiro atoms. The Morgan fingerprint density at radius 3 is 2.44 bits per heavy atom. The molecule has 3 unspecified atom stereocenters. The first-order valence-corrected chi connectivity index (χ1v) is 12.4. The maximum atomic E-state index is 11.5. The Kier molecular flexibility index (Phi) is 7.00. The molecule has 0 heterocycles. The third kappa shape index (κ3) is 5.76. The van der Waals surface area contributed by atoms with Crippen molar-refractivity contribution in [2.45, 2.75) is 70.9 Å². The highest BCUT2D eigenvalue weighted by atomic mass is 28.4. The summed E-state index contributed by atoms with van der Waals surface area (Å²) in [6, 6.07) is 10.3. The van der Waals surface area contributed by atoms with E-state index in [-0.39, 0.29) is 17.1 Å². The highest BCUT2D eigenvalue weighted by molar-refractivity contribution is 6.74. The molecule has 140 valence electrons. The number of benzene rings is 1. The van der Waals surface area contributed by atoms with Crippen molar-refractivity contribution < 1.29 is 14.0 Å². The first kappa shape index (κ1) is 20.3. The lowest BCUT2D eigenvalue weighted by atomic mass is 9.81. The molecular formula is C21H34O3Si. The summed E-state index contributed by atoms with van der Waals surface area (Å²) < 4.78 is 12.5. The van der Waals surface area contributed by atoms with Crippen molar-refractivity contribution in [2.24, 2.45) is 11.8 Å². The molecule has 0 N–H and O–H groups in total. The number of carbonyl (C=O) groups is 1. The van der Waals surface area contributed by atoms with Gasteiger partial charge >= 0.3 is 0 Å². The lowest BCUT2D eigenvalue weighted by molar-refractivity contribution is -0.116. The van der Waals surface area contributed by atoms with E-state index in [9.17, 15) is 4.79 Å². The Hall–Kier alpha value is -0.973. The highest BCUT2D eigenvalue weighted by Gasteiger charge is 2.42. The average molecular weight is 363 g/mol. The molecule has 0 saturated heterocycles. The van der Waals surface area contributed by atoms with E-state index in [1.807, 2.05) is 18.2 Å². The van der Waals surface area contributed by atoms with E-state index in [1.165, 1.54) is 5.56 Å². The predicted molar refractivity (Wildman–Crippen MR) is 105 cm³/mol.